The van der Waals surface area contributed by atoms with Crippen LogP contribution in [-0.4, -0.2) is 25.6 Å². The van der Waals surface area contributed by atoms with E-state index in [0.717, 1.165) is 25.7 Å². The van der Waals surface area contributed by atoms with E-state index in [1.54, 1.807) is 18.2 Å². The maximum Gasteiger partial charge on any atom is 0.337 e. The average Bonchev–Trinajstić information content (AvgIpc) is 2.65. The number of rotatable bonds is 1. The van der Waals surface area contributed by atoms with E-state index in [4.69, 9.17) is 9.47 Å². The summed E-state index contributed by atoms with van der Waals surface area (Å²) in [6.07, 6.45) is 5.00. The molecule has 0 unspecified atom stereocenters. The highest BCUT2D eigenvalue weighted by Gasteiger charge is 2.42. The Kier molecular flexibility index (Phi) is 3.57. The molecule has 5 heteroatoms. The number of hydrogen-bond acceptors (Lipinski definition) is 4. The SMILES string of the molecule is COC(=O)c1ccc2c(c1)NC(=O)C1(CCCCC1)CO2. The van der Waals surface area contributed by atoms with Crippen molar-refractivity contribution >= 4 is 17.6 Å². The van der Waals surface area contributed by atoms with Crippen LogP contribution in [0.15, 0.2) is 18.2 Å². The molecule has 1 spiro atoms. The summed E-state index contributed by atoms with van der Waals surface area (Å²) in [4.78, 5) is 24.2. The zero-order valence-corrected chi connectivity index (χ0v) is 12.1. The third-order valence-corrected chi connectivity index (χ3v) is 4.45. The van der Waals surface area contributed by atoms with Gasteiger partial charge in [0.25, 0.3) is 0 Å². The van der Waals surface area contributed by atoms with Crippen molar-refractivity contribution in [1.82, 2.24) is 0 Å². The Morgan fingerprint density at radius 2 is 2.05 bits per heavy atom. The minimum absolute atomic E-state index is 0.00275. The Labute approximate surface area is 123 Å². The first-order valence-corrected chi connectivity index (χ1v) is 7.31. The summed E-state index contributed by atoms with van der Waals surface area (Å²) in [6.45, 7) is 0.406. The predicted octanol–water partition coefficient (Wildman–Crippen LogP) is 2.75. The van der Waals surface area contributed by atoms with Gasteiger partial charge < -0.3 is 14.8 Å². The van der Waals surface area contributed by atoms with Gasteiger partial charge in [0.05, 0.1) is 23.8 Å². The van der Waals surface area contributed by atoms with Crippen molar-refractivity contribution in [1.29, 1.82) is 0 Å². The fourth-order valence-electron chi connectivity index (χ4n) is 3.13. The first-order chi connectivity index (χ1) is 10.1. The van der Waals surface area contributed by atoms with Crippen LogP contribution >= 0.6 is 0 Å². The molecule has 1 fully saturated rings. The normalized spacial score (nSPS) is 20.0. The van der Waals surface area contributed by atoms with E-state index in [1.165, 1.54) is 13.5 Å². The number of methoxy groups -OCH3 is 1. The minimum atomic E-state index is -0.428. The van der Waals surface area contributed by atoms with Crippen molar-refractivity contribution in [3.05, 3.63) is 23.8 Å². The lowest BCUT2D eigenvalue weighted by Crippen LogP contribution is -2.41. The van der Waals surface area contributed by atoms with Gasteiger partial charge >= 0.3 is 5.97 Å². The third kappa shape index (κ3) is 2.48. The number of carbonyl (C=O) groups excluding carboxylic acids is 2. The molecule has 1 amide bonds. The van der Waals surface area contributed by atoms with Gasteiger partial charge in [0.1, 0.15) is 12.4 Å². The van der Waals surface area contributed by atoms with Crippen LogP contribution in [0.1, 0.15) is 42.5 Å². The predicted molar refractivity (Wildman–Crippen MR) is 77.4 cm³/mol. The monoisotopic (exact) mass is 289 g/mol. The van der Waals surface area contributed by atoms with Gasteiger partial charge in [0.15, 0.2) is 0 Å². The van der Waals surface area contributed by atoms with Crippen molar-refractivity contribution < 1.29 is 19.1 Å². The number of anilines is 1. The summed E-state index contributed by atoms with van der Waals surface area (Å²) in [5, 5.41) is 2.93. The Morgan fingerprint density at radius 3 is 2.76 bits per heavy atom. The number of amides is 1. The quantitative estimate of drug-likeness (QED) is 0.807. The Hall–Kier alpha value is -2.04. The molecule has 1 saturated carbocycles. The number of carbonyl (C=O) groups is 2. The number of hydrogen-bond donors (Lipinski definition) is 1. The maximum atomic E-state index is 12.6. The van der Waals surface area contributed by atoms with E-state index in [2.05, 4.69) is 5.32 Å². The zero-order chi connectivity index (χ0) is 14.9. The molecule has 1 aliphatic heterocycles. The largest absolute Gasteiger partial charge is 0.490 e. The van der Waals surface area contributed by atoms with E-state index in [1.807, 2.05) is 0 Å². The molecule has 1 heterocycles. The van der Waals surface area contributed by atoms with Crippen molar-refractivity contribution in [2.24, 2.45) is 5.41 Å². The second kappa shape index (κ2) is 5.39. The van der Waals surface area contributed by atoms with Crippen LogP contribution in [0, 0.1) is 5.41 Å². The summed E-state index contributed by atoms with van der Waals surface area (Å²) < 4.78 is 10.5. The number of benzene rings is 1. The summed E-state index contributed by atoms with van der Waals surface area (Å²) >= 11 is 0. The van der Waals surface area contributed by atoms with Crippen molar-refractivity contribution in [3.8, 4) is 5.75 Å². The molecule has 1 aromatic rings. The third-order valence-electron chi connectivity index (χ3n) is 4.45. The van der Waals surface area contributed by atoms with Crippen LogP contribution in [0.3, 0.4) is 0 Å². The van der Waals surface area contributed by atoms with Crippen molar-refractivity contribution in [3.63, 3.8) is 0 Å². The second-order valence-corrected chi connectivity index (χ2v) is 5.79. The second-order valence-electron chi connectivity index (χ2n) is 5.79. The van der Waals surface area contributed by atoms with Crippen LogP contribution in [0.2, 0.25) is 0 Å². The topological polar surface area (TPSA) is 64.6 Å². The number of ether oxygens (including phenoxy) is 2. The molecule has 0 aromatic heterocycles. The molecule has 3 rings (SSSR count). The Morgan fingerprint density at radius 1 is 1.29 bits per heavy atom. The summed E-state index contributed by atoms with van der Waals surface area (Å²) in [5.41, 5.74) is 0.521. The molecule has 0 saturated heterocycles. The van der Waals surface area contributed by atoms with Crippen LogP contribution in [0.4, 0.5) is 5.69 Å². The summed E-state index contributed by atoms with van der Waals surface area (Å²) in [7, 11) is 1.33. The van der Waals surface area contributed by atoms with Crippen molar-refractivity contribution in [2.75, 3.05) is 19.0 Å². The molecular formula is C16H19NO4. The molecule has 0 bridgehead atoms. The van der Waals surface area contributed by atoms with Crippen LogP contribution in [-0.2, 0) is 9.53 Å². The van der Waals surface area contributed by atoms with Gasteiger partial charge in [0.2, 0.25) is 5.91 Å². The highest BCUT2D eigenvalue weighted by molar-refractivity contribution is 5.99. The maximum absolute atomic E-state index is 12.6. The van der Waals surface area contributed by atoms with Gasteiger partial charge in [-0.25, -0.2) is 4.79 Å². The molecule has 2 aliphatic rings. The highest BCUT2D eigenvalue weighted by atomic mass is 16.5. The number of esters is 1. The number of nitrogens with one attached hydrogen (secondary N) is 1. The lowest BCUT2D eigenvalue weighted by molar-refractivity contribution is -0.128. The molecule has 5 nitrogen and oxygen atoms in total. The first-order valence-electron chi connectivity index (χ1n) is 7.31. The molecular weight excluding hydrogens is 270 g/mol. The van der Waals surface area contributed by atoms with Crippen LogP contribution in [0.25, 0.3) is 0 Å². The average molecular weight is 289 g/mol. The van der Waals surface area contributed by atoms with E-state index in [0.29, 0.717) is 23.6 Å². The van der Waals surface area contributed by atoms with Gasteiger partial charge in [-0.2, -0.15) is 0 Å². The number of fused-ring (bicyclic) bond motifs is 1. The molecule has 1 aliphatic carbocycles. The van der Waals surface area contributed by atoms with Gasteiger partial charge in [-0.3, -0.25) is 4.79 Å². The van der Waals surface area contributed by atoms with Crippen LogP contribution < -0.4 is 10.1 Å². The van der Waals surface area contributed by atoms with Gasteiger partial charge in [0, 0.05) is 0 Å². The molecule has 1 N–H and O–H groups in total. The Balaban J connectivity index is 1.90. The molecule has 0 radical (unpaired) electrons. The summed E-state index contributed by atoms with van der Waals surface area (Å²) in [5.74, 6) is 0.185. The van der Waals surface area contributed by atoms with E-state index in [9.17, 15) is 9.59 Å². The lowest BCUT2D eigenvalue weighted by atomic mass is 9.74. The molecule has 21 heavy (non-hydrogen) atoms. The highest BCUT2D eigenvalue weighted by Crippen LogP contribution is 2.41. The van der Waals surface area contributed by atoms with Crippen molar-refractivity contribution in [2.45, 2.75) is 32.1 Å². The zero-order valence-electron chi connectivity index (χ0n) is 12.1. The smallest absolute Gasteiger partial charge is 0.337 e. The van der Waals surface area contributed by atoms with E-state index < -0.39 is 11.4 Å². The molecule has 112 valence electrons. The fourth-order valence-corrected chi connectivity index (χ4v) is 3.13. The van der Waals surface area contributed by atoms with Gasteiger partial charge in [-0.15, -0.1) is 0 Å². The van der Waals surface area contributed by atoms with Gasteiger partial charge in [-0.1, -0.05) is 19.3 Å². The minimum Gasteiger partial charge on any atom is -0.490 e. The first kappa shape index (κ1) is 13.9. The molecule has 1 aromatic carbocycles. The van der Waals surface area contributed by atoms with Gasteiger partial charge in [-0.05, 0) is 31.0 Å². The molecule has 0 atom stereocenters. The lowest BCUT2D eigenvalue weighted by Gasteiger charge is -2.33. The Bertz CT molecular complexity index is 576. The van der Waals surface area contributed by atoms with Crippen LogP contribution in [0.5, 0.6) is 5.75 Å². The van der Waals surface area contributed by atoms with E-state index in [-0.39, 0.29) is 5.91 Å². The van der Waals surface area contributed by atoms with E-state index >= 15 is 0 Å². The fraction of sp³-hybridized carbons (Fsp3) is 0.500. The summed E-state index contributed by atoms with van der Waals surface area (Å²) in [6, 6.07) is 4.97. The standard InChI is InChI=1S/C16H19NO4/c1-20-14(18)11-5-6-13-12(9-11)17-15(19)16(10-21-13)7-3-2-4-8-16/h5-6,9H,2-4,7-8,10H2,1H3,(H,17,19).